The minimum atomic E-state index is 0.331. The van der Waals surface area contributed by atoms with E-state index in [2.05, 4.69) is 12.1 Å². The maximum Gasteiger partial charge on any atom is 0.160 e. The first-order valence-electron chi connectivity index (χ1n) is 8.81. The van der Waals surface area contributed by atoms with E-state index in [4.69, 9.17) is 9.47 Å². The molecule has 1 N–H and O–H groups in total. The molecule has 1 saturated heterocycles. The molecule has 4 heteroatoms. The van der Waals surface area contributed by atoms with Crippen LogP contribution in [0, 0.1) is 5.92 Å². The van der Waals surface area contributed by atoms with Crippen molar-refractivity contribution in [2.45, 2.75) is 44.6 Å². The minimum absolute atomic E-state index is 0.331. The number of piperidine rings is 1. The number of nitrogens with one attached hydrogen (secondary N) is 1. The number of ether oxygens (including phenoxy) is 2. The smallest absolute Gasteiger partial charge is 0.160 e. The fourth-order valence-electron chi connectivity index (χ4n) is 4.31. The molecule has 3 rings (SSSR count). The zero-order chi connectivity index (χ0) is 16.2. The van der Waals surface area contributed by atoms with Crippen molar-refractivity contribution in [1.29, 1.82) is 0 Å². The molecule has 0 amide bonds. The molecule has 1 aromatic rings. The highest BCUT2D eigenvalue weighted by Crippen LogP contribution is 2.28. The van der Waals surface area contributed by atoms with Gasteiger partial charge in [-0.3, -0.25) is 4.79 Å². The predicted octanol–water partition coefficient (Wildman–Crippen LogP) is 1.66. The summed E-state index contributed by atoms with van der Waals surface area (Å²) in [4.78, 5) is 13.8. The van der Waals surface area contributed by atoms with Crippen molar-refractivity contribution in [3.63, 3.8) is 0 Å². The molecule has 1 aliphatic carbocycles. The van der Waals surface area contributed by atoms with Gasteiger partial charge in [0.25, 0.3) is 0 Å². The summed E-state index contributed by atoms with van der Waals surface area (Å²) < 4.78 is 10.7. The third kappa shape index (κ3) is 3.52. The Kier molecular flexibility index (Phi) is 5.21. The second-order valence-corrected chi connectivity index (χ2v) is 6.81. The number of Topliss-reactive ketones (excluding diaryl/α,β-unsaturated/α-hetero) is 1. The molecule has 0 bridgehead atoms. The molecular weight excluding hydrogens is 290 g/mol. The lowest BCUT2D eigenvalue weighted by Crippen LogP contribution is -3.18. The highest BCUT2D eigenvalue weighted by atomic mass is 16.5. The molecular formula is C19H28NO3+. The lowest BCUT2D eigenvalue weighted by atomic mass is 9.77. The van der Waals surface area contributed by atoms with Crippen LogP contribution in [0.5, 0.6) is 11.5 Å². The minimum Gasteiger partial charge on any atom is -0.493 e. The molecule has 1 aliphatic heterocycles. The average Bonchev–Trinajstić information content (AvgIpc) is 2.61. The largest absolute Gasteiger partial charge is 0.493 e. The summed E-state index contributed by atoms with van der Waals surface area (Å²) in [6.45, 7) is 2.11. The van der Waals surface area contributed by atoms with E-state index in [-0.39, 0.29) is 0 Å². The number of hydrogen-bond acceptors (Lipinski definition) is 3. The fourth-order valence-corrected chi connectivity index (χ4v) is 4.31. The van der Waals surface area contributed by atoms with Crippen molar-refractivity contribution in [3.05, 3.63) is 23.8 Å². The van der Waals surface area contributed by atoms with Crippen molar-refractivity contribution < 1.29 is 19.2 Å². The number of quaternary nitrogens is 1. The van der Waals surface area contributed by atoms with Gasteiger partial charge in [0.1, 0.15) is 5.78 Å². The van der Waals surface area contributed by atoms with Crippen LogP contribution in [0.2, 0.25) is 0 Å². The third-order valence-electron chi connectivity index (χ3n) is 5.58. The molecule has 1 heterocycles. The summed E-state index contributed by atoms with van der Waals surface area (Å²) in [5.74, 6) is 2.42. The monoisotopic (exact) mass is 318 g/mol. The van der Waals surface area contributed by atoms with Gasteiger partial charge in [-0.05, 0) is 30.5 Å². The SMILES string of the molecule is COc1ccc(CC[NH+]2CCC(=O)[C@H]3CCCC[C@@H]32)cc1OC. The van der Waals surface area contributed by atoms with Gasteiger partial charge in [0.15, 0.2) is 11.5 Å². The van der Waals surface area contributed by atoms with E-state index in [0.29, 0.717) is 17.7 Å². The van der Waals surface area contributed by atoms with Crippen LogP contribution in [0.15, 0.2) is 18.2 Å². The fraction of sp³-hybridized carbons (Fsp3) is 0.632. The number of methoxy groups -OCH3 is 2. The van der Waals surface area contributed by atoms with Gasteiger partial charge >= 0.3 is 0 Å². The Morgan fingerprint density at radius 1 is 1.13 bits per heavy atom. The van der Waals surface area contributed by atoms with E-state index >= 15 is 0 Å². The van der Waals surface area contributed by atoms with Crippen molar-refractivity contribution >= 4 is 5.78 Å². The Balaban J connectivity index is 1.64. The molecule has 3 atom stereocenters. The summed E-state index contributed by atoms with van der Waals surface area (Å²) in [6, 6.07) is 6.73. The molecule has 0 spiro atoms. The van der Waals surface area contributed by atoms with Crippen LogP contribution >= 0.6 is 0 Å². The Labute approximate surface area is 138 Å². The highest BCUT2D eigenvalue weighted by molar-refractivity contribution is 5.82. The van der Waals surface area contributed by atoms with Crippen LogP contribution < -0.4 is 14.4 Å². The number of carbonyl (C=O) groups excluding carboxylic acids is 1. The summed E-state index contributed by atoms with van der Waals surface area (Å²) in [5, 5.41) is 0. The van der Waals surface area contributed by atoms with Gasteiger partial charge < -0.3 is 14.4 Å². The second-order valence-electron chi connectivity index (χ2n) is 6.81. The van der Waals surface area contributed by atoms with Crippen molar-refractivity contribution in [2.24, 2.45) is 5.92 Å². The molecule has 2 fully saturated rings. The lowest BCUT2D eigenvalue weighted by molar-refractivity contribution is -0.931. The van der Waals surface area contributed by atoms with E-state index < -0.39 is 0 Å². The molecule has 4 nitrogen and oxygen atoms in total. The first-order valence-corrected chi connectivity index (χ1v) is 8.81. The number of carbonyl (C=O) groups is 1. The number of hydrogen-bond donors (Lipinski definition) is 1. The maximum atomic E-state index is 12.2. The number of likely N-dealkylation sites (tertiary alicyclic amines) is 1. The maximum absolute atomic E-state index is 12.2. The third-order valence-corrected chi connectivity index (χ3v) is 5.58. The van der Waals surface area contributed by atoms with E-state index in [1.54, 1.807) is 19.1 Å². The van der Waals surface area contributed by atoms with Crippen molar-refractivity contribution in [2.75, 3.05) is 27.3 Å². The van der Waals surface area contributed by atoms with Crippen LogP contribution in [0.3, 0.4) is 0 Å². The van der Waals surface area contributed by atoms with Gasteiger partial charge in [0.05, 0.1) is 45.7 Å². The molecule has 126 valence electrons. The van der Waals surface area contributed by atoms with Crippen LogP contribution in [0.25, 0.3) is 0 Å². The van der Waals surface area contributed by atoms with E-state index in [0.717, 1.165) is 43.9 Å². The summed E-state index contributed by atoms with van der Waals surface area (Å²) >= 11 is 0. The Morgan fingerprint density at radius 3 is 2.70 bits per heavy atom. The van der Waals surface area contributed by atoms with Crippen LogP contribution in [0.1, 0.15) is 37.7 Å². The standard InChI is InChI=1S/C19H27NO3/c1-22-18-8-7-14(13-19(18)23-2)9-11-20-12-10-17(21)15-5-3-4-6-16(15)20/h7-8,13,15-16H,3-6,9-12H2,1-2H3/p+1/t15-,16-/m0/s1. The van der Waals surface area contributed by atoms with Crippen LogP contribution in [0.4, 0.5) is 0 Å². The highest BCUT2D eigenvalue weighted by Gasteiger charge is 2.41. The normalized spacial score (nSPS) is 27.4. The first kappa shape index (κ1) is 16.3. The Morgan fingerprint density at radius 2 is 1.91 bits per heavy atom. The van der Waals surface area contributed by atoms with Crippen molar-refractivity contribution in [1.82, 2.24) is 0 Å². The Bertz CT molecular complexity index is 558. The number of fused-ring (bicyclic) bond motifs is 1. The van der Waals surface area contributed by atoms with E-state index in [9.17, 15) is 4.79 Å². The van der Waals surface area contributed by atoms with Gasteiger partial charge in [0.2, 0.25) is 0 Å². The Hall–Kier alpha value is -1.55. The van der Waals surface area contributed by atoms with E-state index in [1.165, 1.54) is 24.8 Å². The molecule has 2 aliphatic rings. The number of ketones is 1. The van der Waals surface area contributed by atoms with Gasteiger partial charge in [-0.25, -0.2) is 0 Å². The molecule has 1 unspecified atom stereocenters. The van der Waals surface area contributed by atoms with E-state index in [1.807, 2.05) is 6.07 Å². The molecule has 1 aromatic carbocycles. The van der Waals surface area contributed by atoms with Crippen LogP contribution in [-0.4, -0.2) is 39.1 Å². The quantitative estimate of drug-likeness (QED) is 0.898. The zero-order valence-corrected chi connectivity index (χ0v) is 14.3. The molecule has 23 heavy (non-hydrogen) atoms. The number of rotatable bonds is 5. The van der Waals surface area contributed by atoms with Gasteiger partial charge in [-0.1, -0.05) is 12.5 Å². The van der Waals surface area contributed by atoms with Gasteiger partial charge in [-0.15, -0.1) is 0 Å². The predicted molar refractivity (Wildman–Crippen MR) is 89.3 cm³/mol. The summed E-state index contributed by atoms with van der Waals surface area (Å²) in [5.41, 5.74) is 1.28. The van der Waals surface area contributed by atoms with Crippen molar-refractivity contribution in [3.8, 4) is 11.5 Å². The van der Waals surface area contributed by atoms with Gasteiger partial charge in [0, 0.05) is 12.8 Å². The molecule has 0 radical (unpaired) electrons. The lowest BCUT2D eigenvalue weighted by Gasteiger charge is -2.40. The zero-order valence-electron chi connectivity index (χ0n) is 14.3. The summed E-state index contributed by atoms with van der Waals surface area (Å²) in [7, 11) is 3.34. The first-order chi connectivity index (χ1) is 11.2. The second kappa shape index (κ2) is 7.35. The summed E-state index contributed by atoms with van der Waals surface area (Å²) in [6.07, 6.45) is 6.64. The number of benzene rings is 1. The van der Waals surface area contributed by atoms with Gasteiger partial charge in [-0.2, -0.15) is 0 Å². The van der Waals surface area contributed by atoms with Crippen LogP contribution in [-0.2, 0) is 11.2 Å². The average molecular weight is 318 g/mol. The topological polar surface area (TPSA) is 40.0 Å². The molecule has 1 saturated carbocycles. The molecule has 0 aromatic heterocycles.